The molecule has 7 nitrogen and oxygen atoms in total. The van der Waals surface area contributed by atoms with Crippen molar-refractivity contribution in [2.75, 3.05) is 41.7 Å². The van der Waals surface area contributed by atoms with E-state index in [0.717, 1.165) is 60.7 Å². The molecule has 0 bridgehead atoms. The van der Waals surface area contributed by atoms with Crippen LogP contribution in [-0.2, 0) is 7.05 Å². The number of piperazine rings is 1. The largest absolute Gasteiger partial charge is 0.394 e. The van der Waals surface area contributed by atoms with Crippen LogP contribution in [0.5, 0.6) is 0 Å². The van der Waals surface area contributed by atoms with E-state index in [1.165, 1.54) is 0 Å². The van der Waals surface area contributed by atoms with Gasteiger partial charge in [0.25, 0.3) is 0 Å². The van der Waals surface area contributed by atoms with Crippen molar-refractivity contribution in [1.29, 1.82) is 0 Å². The van der Waals surface area contributed by atoms with Crippen LogP contribution in [0.2, 0.25) is 0 Å². The molecule has 0 aromatic carbocycles. The lowest BCUT2D eigenvalue weighted by atomic mass is 10.1. The van der Waals surface area contributed by atoms with Gasteiger partial charge in [-0.2, -0.15) is 5.10 Å². The van der Waals surface area contributed by atoms with E-state index in [1.54, 1.807) is 0 Å². The summed E-state index contributed by atoms with van der Waals surface area (Å²) in [6.07, 6.45) is 0. The third-order valence-electron chi connectivity index (χ3n) is 5.00. The fraction of sp³-hybridized carbons (Fsp3) is 0.632. The van der Waals surface area contributed by atoms with E-state index in [9.17, 15) is 0 Å². The normalized spacial score (nSPS) is 15.4. The second-order valence-corrected chi connectivity index (χ2v) is 7.74. The molecule has 0 saturated carbocycles. The van der Waals surface area contributed by atoms with Gasteiger partial charge in [0.05, 0.1) is 11.4 Å². The molecule has 3 rings (SSSR count). The summed E-state index contributed by atoms with van der Waals surface area (Å²) >= 11 is 0. The molecule has 0 amide bonds. The lowest BCUT2D eigenvalue weighted by Crippen LogP contribution is -2.47. The van der Waals surface area contributed by atoms with Crippen LogP contribution in [-0.4, -0.2) is 45.9 Å². The van der Waals surface area contributed by atoms with Gasteiger partial charge in [-0.1, -0.05) is 27.7 Å². The molecule has 2 aromatic heterocycles. The molecular formula is C19H31N7. The Morgan fingerprint density at radius 1 is 0.962 bits per heavy atom. The van der Waals surface area contributed by atoms with Crippen LogP contribution < -0.4 is 15.5 Å². The Morgan fingerprint density at radius 2 is 1.58 bits per heavy atom. The Bertz CT molecular complexity index is 744. The summed E-state index contributed by atoms with van der Waals surface area (Å²) in [5.41, 5.74) is 9.02. The first-order valence-corrected chi connectivity index (χ1v) is 9.45. The highest BCUT2D eigenvalue weighted by Crippen LogP contribution is 2.28. The fourth-order valence-electron chi connectivity index (χ4n) is 3.37. The second-order valence-electron chi connectivity index (χ2n) is 7.74. The number of aryl methyl sites for hydroxylation is 2. The van der Waals surface area contributed by atoms with Crippen LogP contribution in [0, 0.1) is 6.92 Å². The molecule has 1 aliphatic heterocycles. The van der Waals surface area contributed by atoms with Crippen LogP contribution in [0.15, 0.2) is 6.07 Å². The fourth-order valence-corrected chi connectivity index (χ4v) is 3.37. The lowest BCUT2D eigenvalue weighted by Gasteiger charge is -2.37. The number of anilines is 3. The van der Waals surface area contributed by atoms with Gasteiger partial charge < -0.3 is 15.5 Å². The van der Waals surface area contributed by atoms with Crippen LogP contribution in [0.25, 0.3) is 0 Å². The molecule has 3 heterocycles. The van der Waals surface area contributed by atoms with E-state index in [4.69, 9.17) is 15.7 Å². The van der Waals surface area contributed by atoms with Crippen LogP contribution in [0.1, 0.15) is 56.7 Å². The Kier molecular flexibility index (Phi) is 5.07. The molecule has 2 aromatic rings. The highest BCUT2D eigenvalue weighted by atomic mass is 15.4. The van der Waals surface area contributed by atoms with E-state index in [2.05, 4.69) is 48.7 Å². The Labute approximate surface area is 156 Å². The first-order valence-electron chi connectivity index (χ1n) is 9.45. The number of nitrogens with zero attached hydrogens (tertiary/aromatic N) is 6. The first-order chi connectivity index (χ1) is 12.3. The summed E-state index contributed by atoms with van der Waals surface area (Å²) in [4.78, 5) is 14.2. The van der Waals surface area contributed by atoms with Gasteiger partial charge in [-0.25, -0.2) is 9.97 Å². The van der Waals surface area contributed by atoms with Crippen molar-refractivity contribution in [3.05, 3.63) is 23.3 Å². The van der Waals surface area contributed by atoms with E-state index in [1.807, 2.05) is 18.7 Å². The van der Waals surface area contributed by atoms with Crippen molar-refractivity contribution < 1.29 is 0 Å². The molecule has 0 aliphatic carbocycles. The zero-order valence-corrected chi connectivity index (χ0v) is 16.8. The third-order valence-corrected chi connectivity index (χ3v) is 5.00. The third kappa shape index (κ3) is 3.48. The molecule has 26 heavy (non-hydrogen) atoms. The van der Waals surface area contributed by atoms with E-state index in [0.29, 0.717) is 11.8 Å². The number of hydrogen-bond acceptors (Lipinski definition) is 6. The maximum atomic E-state index is 6.23. The molecule has 0 radical (unpaired) electrons. The van der Waals surface area contributed by atoms with Gasteiger partial charge in [0, 0.05) is 50.9 Å². The maximum Gasteiger partial charge on any atom is 0.150 e. The van der Waals surface area contributed by atoms with Gasteiger partial charge in [0.1, 0.15) is 11.6 Å². The zero-order chi connectivity index (χ0) is 19.0. The molecule has 142 valence electrons. The highest BCUT2D eigenvalue weighted by Gasteiger charge is 2.24. The van der Waals surface area contributed by atoms with Crippen molar-refractivity contribution in [2.24, 2.45) is 7.05 Å². The van der Waals surface area contributed by atoms with Gasteiger partial charge in [-0.3, -0.25) is 4.68 Å². The molecule has 0 spiro atoms. The summed E-state index contributed by atoms with van der Waals surface area (Å²) in [5.74, 6) is 3.72. The second kappa shape index (κ2) is 7.13. The molecule has 0 unspecified atom stereocenters. The summed E-state index contributed by atoms with van der Waals surface area (Å²) < 4.78 is 1.89. The Morgan fingerprint density at radius 3 is 2.08 bits per heavy atom. The standard InChI is InChI=1S/C19H31N7/c1-12(2)15-11-16(22-18(21-15)13(3)4)25-7-9-26(10-8-25)19-17(20)14(5)23-24(19)6/h11-13H,7-10,20H2,1-6H3. The maximum absolute atomic E-state index is 6.23. The number of aromatic nitrogens is 4. The average Bonchev–Trinajstić information content (AvgIpc) is 2.86. The van der Waals surface area contributed by atoms with E-state index >= 15 is 0 Å². The van der Waals surface area contributed by atoms with Crippen molar-refractivity contribution in [2.45, 2.75) is 46.5 Å². The SMILES string of the molecule is Cc1nn(C)c(N2CCN(c3cc(C(C)C)nc(C(C)C)n3)CC2)c1N. The van der Waals surface area contributed by atoms with Gasteiger partial charge in [0.2, 0.25) is 0 Å². The average molecular weight is 358 g/mol. The Balaban J connectivity index is 1.79. The summed E-state index contributed by atoms with van der Waals surface area (Å²) in [7, 11) is 1.96. The molecule has 7 heteroatoms. The molecule has 1 aliphatic rings. The van der Waals surface area contributed by atoms with Gasteiger partial charge >= 0.3 is 0 Å². The summed E-state index contributed by atoms with van der Waals surface area (Å²) in [6, 6.07) is 2.15. The van der Waals surface area contributed by atoms with E-state index in [-0.39, 0.29) is 0 Å². The van der Waals surface area contributed by atoms with Crippen molar-refractivity contribution in [1.82, 2.24) is 19.7 Å². The lowest BCUT2D eigenvalue weighted by molar-refractivity contribution is 0.615. The molecule has 0 atom stereocenters. The molecular weight excluding hydrogens is 326 g/mol. The number of nitrogen functional groups attached to an aromatic ring is 1. The predicted molar refractivity (Wildman–Crippen MR) is 107 cm³/mol. The van der Waals surface area contributed by atoms with Crippen molar-refractivity contribution in [3.8, 4) is 0 Å². The minimum Gasteiger partial charge on any atom is -0.394 e. The first kappa shape index (κ1) is 18.5. The number of rotatable bonds is 4. The minimum absolute atomic E-state index is 0.325. The van der Waals surface area contributed by atoms with Crippen LogP contribution in [0.4, 0.5) is 17.3 Å². The monoisotopic (exact) mass is 357 g/mol. The van der Waals surface area contributed by atoms with Crippen molar-refractivity contribution in [3.63, 3.8) is 0 Å². The number of hydrogen-bond donors (Lipinski definition) is 1. The predicted octanol–water partition coefficient (Wildman–Crippen LogP) is 2.67. The smallest absolute Gasteiger partial charge is 0.150 e. The summed E-state index contributed by atoms with van der Waals surface area (Å²) in [5, 5.41) is 4.44. The topological polar surface area (TPSA) is 76.1 Å². The summed E-state index contributed by atoms with van der Waals surface area (Å²) in [6.45, 7) is 14.2. The molecule has 1 saturated heterocycles. The zero-order valence-electron chi connectivity index (χ0n) is 16.8. The minimum atomic E-state index is 0.325. The molecule has 2 N–H and O–H groups in total. The van der Waals surface area contributed by atoms with Gasteiger partial charge in [-0.15, -0.1) is 0 Å². The van der Waals surface area contributed by atoms with Crippen LogP contribution >= 0.6 is 0 Å². The van der Waals surface area contributed by atoms with Crippen molar-refractivity contribution >= 4 is 17.3 Å². The Hall–Kier alpha value is -2.31. The molecule has 1 fully saturated rings. The van der Waals surface area contributed by atoms with E-state index < -0.39 is 0 Å². The van der Waals surface area contributed by atoms with Gasteiger partial charge in [0.15, 0.2) is 5.82 Å². The quantitative estimate of drug-likeness (QED) is 0.907. The van der Waals surface area contributed by atoms with Gasteiger partial charge in [-0.05, 0) is 12.8 Å². The highest BCUT2D eigenvalue weighted by molar-refractivity contribution is 5.66. The van der Waals surface area contributed by atoms with Crippen LogP contribution in [0.3, 0.4) is 0 Å². The number of nitrogens with two attached hydrogens (primary N) is 1.